The van der Waals surface area contributed by atoms with Gasteiger partial charge in [0.25, 0.3) is 0 Å². The smallest absolute Gasteiger partial charge is 0.0280 e. The van der Waals surface area contributed by atoms with Gasteiger partial charge in [0.1, 0.15) is 0 Å². The van der Waals surface area contributed by atoms with E-state index in [4.69, 9.17) is 11.6 Å². The van der Waals surface area contributed by atoms with Gasteiger partial charge >= 0.3 is 0 Å². The molecule has 0 unspecified atom stereocenters. The predicted molar refractivity (Wildman–Crippen MR) is 73.4 cm³/mol. The molecule has 2 rings (SSSR count). The van der Waals surface area contributed by atoms with Crippen LogP contribution in [0.3, 0.4) is 0 Å². The zero-order valence-corrected chi connectivity index (χ0v) is 11.2. The molecule has 0 heterocycles. The number of alkyl halides is 1. The van der Waals surface area contributed by atoms with Gasteiger partial charge in [-0.3, -0.25) is 0 Å². The predicted octanol–water partition coefficient (Wildman–Crippen LogP) is 4.97. The van der Waals surface area contributed by atoms with Crippen molar-refractivity contribution in [2.75, 3.05) is 11.6 Å². The second-order valence-corrected chi connectivity index (χ2v) is 6.19. The van der Waals surface area contributed by atoms with E-state index in [1.54, 1.807) is 0 Å². The molecule has 0 saturated heterocycles. The van der Waals surface area contributed by atoms with Crippen LogP contribution in [0.5, 0.6) is 0 Å². The Kier molecular flexibility index (Phi) is 4.60. The first-order valence-electron chi connectivity index (χ1n) is 6.08. The summed E-state index contributed by atoms with van der Waals surface area (Å²) in [6, 6.07) is 10.7. The molecule has 1 aromatic carbocycles. The number of rotatable bonds is 5. The number of thioether (sulfide) groups is 1. The first-order valence-corrected chi connectivity index (χ1v) is 7.61. The van der Waals surface area contributed by atoms with Crippen LogP contribution in [-0.2, 0) is 0 Å². The van der Waals surface area contributed by atoms with Crippen LogP contribution in [0.1, 0.15) is 32.1 Å². The second kappa shape index (κ2) is 5.97. The Morgan fingerprint density at radius 3 is 2.44 bits per heavy atom. The molecule has 1 aromatic rings. The van der Waals surface area contributed by atoms with Crippen LogP contribution in [0.15, 0.2) is 35.2 Å². The minimum atomic E-state index is 0.462. The van der Waals surface area contributed by atoms with Gasteiger partial charge in [-0.05, 0) is 42.6 Å². The van der Waals surface area contributed by atoms with Crippen molar-refractivity contribution < 1.29 is 0 Å². The van der Waals surface area contributed by atoms with Crippen LogP contribution in [0.4, 0.5) is 0 Å². The summed E-state index contributed by atoms with van der Waals surface area (Å²) in [7, 11) is 0. The maximum atomic E-state index is 6.14. The lowest BCUT2D eigenvalue weighted by atomic mass is 9.86. The van der Waals surface area contributed by atoms with Crippen LogP contribution in [0, 0.1) is 5.41 Å². The Hall–Kier alpha value is -0.140. The number of hydrogen-bond donors (Lipinski definition) is 0. The second-order valence-electron chi connectivity index (χ2n) is 4.75. The molecule has 1 saturated carbocycles. The minimum absolute atomic E-state index is 0.462. The third kappa shape index (κ3) is 3.18. The highest BCUT2D eigenvalue weighted by Gasteiger charge is 2.32. The molecule has 88 valence electrons. The van der Waals surface area contributed by atoms with Crippen molar-refractivity contribution in [3.63, 3.8) is 0 Å². The molecule has 2 heteroatoms. The molecule has 0 nitrogen and oxygen atoms in total. The van der Waals surface area contributed by atoms with Crippen molar-refractivity contribution in [2.45, 2.75) is 37.0 Å². The van der Waals surface area contributed by atoms with Crippen molar-refractivity contribution in [3.05, 3.63) is 30.3 Å². The quantitative estimate of drug-likeness (QED) is 0.528. The van der Waals surface area contributed by atoms with E-state index in [0.29, 0.717) is 5.41 Å². The SMILES string of the molecule is ClCC1(CCSc2ccccc2)CCCC1. The molecule has 0 N–H and O–H groups in total. The van der Waals surface area contributed by atoms with Crippen molar-refractivity contribution in [1.29, 1.82) is 0 Å². The van der Waals surface area contributed by atoms with Gasteiger partial charge in [-0.1, -0.05) is 31.0 Å². The summed E-state index contributed by atoms with van der Waals surface area (Å²) >= 11 is 8.10. The van der Waals surface area contributed by atoms with Crippen LogP contribution >= 0.6 is 23.4 Å². The summed E-state index contributed by atoms with van der Waals surface area (Å²) in [5.74, 6) is 2.05. The fourth-order valence-electron chi connectivity index (χ4n) is 2.48. The maximum absolute atomic E-state index is 6.14. The summed E-state index contributed by atoms with van der Waals surface area (Å²) in [4.78, 5) is 1.38. The third-order valence-electron chi connectivity index (χ3n) is 3.59. The summed E-state index contributed by atoms with van der Waals surface area (Å²) in [6.07, 6.45) is 6.71. The first kappa shape index (κ1) is 12.3. The molecule has 1 aliphatic carbocycles. The van der Waals surface area contributed by atoms with Gasteiger partial charge in [-0.2, -0.15) is 0 Å². The first-order chi connectivity index (χ1) is 7.85. The number of halogens is 1. The summed E-state index contributed by atoms with van der Waals surface area (Å²) in [5, 5.41) is 0. The lowest BCUT2D eigenvalue weighted by Crippen LogP contribution is -2.19. The van der Waals surface area contributed by atoms with Crippen LogP contribution in [0.25, 0.3) is 0 Å². The fourth-order valence-corrected chi connectivity index (χ4v) is 4.00. The van der Waals surface area contributed by atoms with Gasteiger partial charge in [0.05, 0.1) is 0 Å². The van der Waals surface area contributed by atoms with Crippen LogP contribution in [-0.4, -0.2) is 11.6 Å². The molecule has 0 bridgehead atoms. The molecule has 0 aromatic heterocycles. The summed E-state index contributed by atoms with van der Waals surface area (Å²) < 4.78 is 0. The van der Waals surface area contributed by atoms with Gasteiger partial charge in [0.15, 0.2) is 0 Å². The fraction of sp³-hybridized carbons (Fsp3) is 0.571. The van der Waals surface area contributed by atoms with E-state index >= 15 is 0 Å². The standard InChI is InChI=1S/C14H19ClS/c15-12-14(8-4-5-9-14)10-11-16-13-6-2-1-3-7-13/h1-3,6-7H,4-5,8-12H2. The monoisotopic (exact) mass is 254 g/mol. The average molecular weight is 255 g/mol. The Morgan fingerprint density at radius 1 is 1.12 bits per heavy atom. The van der Waals surface area contributed by atoms with E-state index in [2.05, 4.69) is 30.3 Å². The molecule has 16 heavy (non-hydrogen) atoms. The average Bonchev–Trinajstić information content (AvgIpc) is 2.80. The summed E-state index contributed by atoms with van der Waals surface area (Å²) in [5.41, 5.74) is 0.462. The van der Waals surface area contributed by atoms with Crippen LogP contribution in [0.2, 0.25) is 0 Å². The minimum Gasteiger partial charge on any atom is -0.126 e. The van der Waals surface area contributed by atoms with E-state index in [1.165, 1.54) is 42.8 Å². The molecule has 0 spiro atoms. The largest absolute Gasteiger partial charge is 0.126 e. The van der Waals surface area contributed by atoms with Crippen molar-refractivity contribution >= 4 is 23.4 Å². The molecule has 1 aliphatic rings. The van der Waals surface area contributed by atoms with Gasteiger partial charge in [0, 0.05) is 10.8 Å². The van der Waals surface area contributed by atoms with Crippen molar-refractivity contribution in [2.24, 2.45) is 5.41 Å². The normalized spacial score (nSPS) is 18.8. The number of benzene rings is 1. The summed E-state index contributed by atoms with van der Waals surface area (Å²) in [6.45, 7) is 0. The molecule has 0 radical (unpaired) electrons. The molecular weight excluding hydrogens is 236 g/mol. The molecule has 0 atom stereocenters. The number of hydrogen-bond acceptors (Lipinski definition) is 1. The van der Waals surface area contributed by atoms with E-state index in [9.17, 15) is 0 Å². The zero-order valence-electron chi connectivity index (χ0n) is 9.62. The zero-order chi connectivity index (χ0) is 11.3. The Bertz CT molecular complexity index is 304. The maximum Gasteiger partial charge on any atom is 0.0280 e. The van der Waals surface area contributed by atoms with Gasteiger partial charge in [-0.15, -0.1) is 23.4 Å². The third-order valence-corrected chi connectivity index (χ3v) is 5.17. The van der Waals surface area contributed by atoms with E-state index in [1.807, 2.05) is 11.8 Å². The lowest BCUT2D eigenvalue weighted by Gasteiger charge is -2.25. The van der Waals surface area contributed by atoms with Crippen LogP contribution < -0.4 is 0 Å². The highest BCUT2D eigenvalue weighted by Crippen LogP contribution is 2.43. The van der Waals surface area contributed by atoms with Gasteiger partial charge in [0.2, 0.25) is 0 Å². The molecule has 1 fully saturated rings. The topological polar surface area (TPSA) is 0 Å². The Labute approximate surface area is 108 Å². The lowest BCUT2D eigenvalue weighted by molar-refractivity contribution is 0.333. The Morgan fingerprint density at radius 2 is 1.81 bits per heavy atom. The van der Waals surface area contributed by atoms with Gasteiger partial charge in [-0.25, -0.2) is 0 Å². The molecular formula is C14H19ClS. The van der Waals surface area contributed by atoms with Crippen molar-refractivity contribution in [1.82, 2.24) is 0 Å². The van der Waals surface area contributed by atoms with E-state index < -0.39 is 0 Å². The van der Waals surface area contributed by atoms with E-state index in [-0.39, 0.29) is 0 Å². The van der Waals surface area contributed by atoms with Crippen molar-refractivity contribution in [3.8, 4) is 0 Å². The van der Waals surface area contributed by atoms with Gasteiger partial charge < -0.3 is 0 Å². The molecule has 0 aliphatic heterocycles. The molecule has 0 amide bonds. The van der Waals surface area contributed by atoms with E-state index in [0.717, 1.165) is 5.88 Å². The Balaban J connectivity index is 1.79. The highest BCUT2D eigenvalue weighted by molar-refractivity contribution is 7.99. The highest BCUT2D eigenvalue weighted by atomic mass is 35.5.